The normalized spacial score (nSPS) is 21.9. The predicted octanol–water partition coefficient (Wildman–Crippen LogP) is 2.28. The van der Waals surface area contributed by atoms with E-state index in [0.717, 1.165) is 26.1 Å². The summed E-state index contributed by atoms with van der Waals surface area (Å²) >= 11 is 0. The molecule has 2 rings (SSSR count). The van der Waals surface area contributed by atoms with E-state index in [0.29, 0.717) is 12.5 Å². The van der Waals surface area contributed by atoms with Crippen LogP contribution in [0.15, 0.2) is 30.3 Å². The summed E-state index contributed by atoms with van der Waals surface area (Å²) in [6, 6.07) is 10.7. The average Bonchev–Trinajstić information content (AvgIpc) is 2.77. The van der Waals surface area contributed by atoms with Crippen molar-refractivity contribution < 1.29 is 5.11 Å². The molecule has 0 spiro atoms. The summed E-state index contributed by atoms with van der Waals surface area (Å²) in [5, 5.41) is 9.17. The summed E-state index contributed by atoms with van der Waals surface area (Å²) in [6.45, 7) is 8.19. The minimum Gasteiger partial charge on any atom is -0.396 e. The number of nitrogens with zero attached hydrogens (tertiary/aromatic N) is 1. The monoisotopic (exact) mass is 233 g/mol. The Hall–Kier alpha value is -0.860. The molecule has 1 aliphatic heterocycles. The van der Waals surface area contributed by atoms with Crippen LogP contribution in [0.5, 0.6) is 0 Å². The van der Waals surface area contributed by atoms with E-state index in [2.05, 4.69) is 49.1 Å². The lowest BCUT2D eigenvalue weighted by Gasteiger charge is -2.30. The summed E-state index contributed by atoms with van der Waals surface area (Å²) in [4.78, 5) is 2.48. The molecule has 2 nitrogen and oxygen atoms in total. The van der Waals surface area contributed by atoms with Crippen molar-refractivity contribution in [1.82, 2.24) is 4.90 Å². The highest BCUT2D eigenvalue weighted by atomic mass is 16.3. The molecule has 1 N–H and O–H groups in total. The van der Waals surface area contributed by atoms with Gasteiger partial charge in [-0.1, -0.05) is 44.2 Å². The number of hydrogen-bond donors (Lipinski definition) is 1. The summed E-state index contributed by atoms with van der Waals surface area (Å²) in [7, 11) is 0. The highest BCUT2D eigenvalue weighted by Crippen LogP contribution is 2.26. The van der Waals surface area contributed by atoms with Gasteiger partial charge in [0.2, 0.25) is 0 Å². The van der Waals surface area contributed by atoms with Crippen LogP contribution in [0.2, 0.25) is 0 Å². The first kappa shape index (κ1) is 12.6. The Balaban J connectivity index is 1.98. The highest BCUT2D eigenvalue weighted by Gasteiger charge is 2.28. The zero-order valence-electron chi connectivity index (χ0n) is 10.9. The molecule has 1 unspecified atom stereocenters. The van der Waals surface area contributed by atoms with Crippen molar-refractivity contribution >= 4 is 0 Å². The quantitative estimate of drug-likeness (QED) is 0.862. The molecule has 1 atom stereocenters. The fourth-order valence-corrected chi connectivity index (χ4v) is 2.75. The molecule has 1 aromatic carbocycles. The molecule has 94 valence electrons. The van der Waals surface area contributed by atoms with Gasteiger partial charge in [-0.15, -0.1) is 0 Å². The van der Waals surface area contributed by atoms with Crippen molar-refractivity contribution in [2.75, 3.05) is 26.2 Å². The number of likely N-dealkylation sites (tertiary alicyclic amines) is 1. The molecule has 0 bridgehead atoms. The topological polar surface area (TPSA) is 23.5 Å². The fourth-order valence-electron chi connectivity index (χ4n) is 2.75. The lowest BCUT2D eigenvalue weighted by molar-refractivity contribution is 0.210. The van der Waals surface area contributed by atoms with Gasteiger partial charge < -0.3 is 10.0 Å². The van der Waals surface area contributed by atoms with Crippen LogP contribution in [0.4, 0.5) is 0 Å². The second kappa shape index (κ2) is 5.19. The van der Waals surface area contributed by atoms with Gasteiger partial charge >= 0.3 is 0 Å². The summed E-state index contributed by atoms with van der Waals surface area (Å²) < 4.78 is 0. The smallest absolute Gasteiger partial charge is 0.0471 e. The van der Waals surface area contributed by atoms with Crippen molar-refractivity contribution in [2.24, 2.45) is 5.92 Å². The second-order valence-electron chi connectivity index (χ2n) is 5.82. The molecule has 2 heteroatoms. The molecule has 0 amide bonds. The van der Waals surface area contributed by atoms with E-state index >= 15 is 0 Å². The number of benzene rings is 1. The summed E-state index contributed by atoms with van der Waals surface area (Å²) in [5.41, 5.74) is 1.58. The Morgan fingerprint density at radius 3 is 2.59 bits per heavy atom. The Bertz CT molecular complexity index is 347. The molecule has 1 aromatic rings. The first-order chi connectivity index (χ1) is 8.12. The molecule has 1 fully saturated rings. The van der Waals surface area contributed by atoms with Gasteiger partial charge in [0.15, 0.2) is 0 Å². The first-order valence-corrected chi connectivity index (χ1v) is 6.50. The van der Waals surface area contributed by atoms with Gasteiger partial charge in [-0.05, 0) is 24.4 Å². The Morgan fingerprint density at radius 2 is 2.00 bits per heavy atom. The van der Waals surface area contributed by atoms with Gasteiger partial charge in [-0.25, -0.2) is 0 Å². The largest absolute Gasteiger partial charge is 0.396 e. The Kier molecular flexibility index (Phi) is 3.85. The third kappa shape index (κ3) is 3.08. The van der Waals surface area contributed by atoms with Crippen LogP contribution >= 0.6 is 0 Å². The molecule has 1 saturated heterocycles. The van der Waals surface area contributed by atoms with Gasteiger partial charge in [0, 0.05) is 25.1 Å². The van der Waals surface area contributed by atoms with Crippen LogP contribution in [0.1, 0.15) is 25.8 Å². The Morgan fingerprint density at radius 1 is 1.29 bits per heavy atom. The highest BCUT2D eigenvalue weighted by molar-refractivity contribution is 5.24. The summed E-state index contributed by atoms with van der Waals surface area (Å²) in [5.74, 6) is 0.488. The lowest BCUT2D eigenvalue weighted by atomic mass is 9.84. The maximum Gasteiger partial charge on any atom is 0.0471 e. The number of aliphatic hydroxyl groups is 1. The van der Waals surface area contributed by atoms with E-state index in [1.54, 1.807) is 0 Å². The summed E-state index contributed by atoms with van der Waals surface area (Å²) in [6.07, 6.45) is 1.14. The van der Waals surface area contributed by atoms with E-state index < -0.39 is 0 Å². The standard InChI is InChI=1S/C15H23NO/c1-15(2,14-6-4-3-5-7-14)12-16-9-8-13(10-16)11-17/h3-7,13,17H,8-12H2,1-2H3. The van der Waals surface area contributed by atoms with Crippen molar-refractivity contribution in [3.63, 3.8) is 0 Å². The van der Waals surface area contributed by atoms with Crippen molar-refractivity contribution in [3.05, 3.63) is 35.9 Å². The first-order valence-electron chi connectivity index (χ1n) is 6.50. The number of hydrogen-bond acceptors (Lipinski definition) is 2. The SMILES string of the molecule is CC(C)(CN1CCC(CO)C1)c1ccccc1. The number of rotatable bonds is 4. The van der Waals surface area contributed by atoms with E-state index in [1.807, 2.05) is 0 Å². The van der Waals surface area contributed by atoms with E-state index in [1.165, 1.54) is 5.56 Å². The fraction of sp³-hybridized carbons (Fsp3) is 0.600. The average molecular weight is 233 g/mol. The maximum atomic E-state index is 9.17. The van der Waals surface area contributed by atoms with Crippen LogP contribution < -0.4 is 0 Å². The van der Waals surface area contributed by atoms with Crippen molar-refractivity contribution in [1.29, 1.82) is 0 Å². The van der Waals surface area contributed by atoms with Gasteiger partial charge in [-0.3, -0.25) is 0 Å². The molecule has 1 aliphatic rings. The van der Waals surface area contributed by atoms with Crippen LogP contribution in [-0.4, -0.2) is 36.2 Å². The molecular formula is C15H23NO. The molecular weight excluding hydrogens is 210 g/mol. The molecule has 0 aliphatic carbocycles. The van der Waals surface area contributed by atoms with Gasteiger partial charge in [-0.2, -0.15) is 0 Å². The zero-order valence-corrected chi connectivity index (χ0v) is 10.9. The lowest BCUT2D eigenvalue weighted by Crippen LogP contribution is -2.35. The maximum absolute atomic E-state index is 9.17. The minimum atomic E-state index is 0.186. The van der Waals surface area contributed by atoms with Gasteiger partial charge in [0.25, 0.3) is 0 Å². The van der Waals surface area contributed by atoms with E-state index in [-0.39, 0.29) is 5.41 Å². The van der Waals surface area contributed by atoms with Crippen LogP contribution in [-0.2, 0) is 5.41 Å². The third-order valence-electron chi connectivity index (χ3n) is 3.80. The van der Waals surface area contributed by atoms with Crippen molar-refractivity contribution in [3.8, 4) is 0 Å². The molecule has 0 saturated carbocycles. The van der Waals surface area contributed by atoms with Crippen molar-refractivity contribution in [2.45, 2.75) is 25.7 Å². The minimum absolute atomic E-state index is 0.186. The van der Waals surface area contributed by atoms with Gasteiger partial charge in [0.1, 0.15) is 0 Å². The Labute approximate surface area is 104 Å². The number of aliphatic hydroxyl groups excluding tert-OH is 1. The predicted molar refractivity (Wildman–Crippen MR) is 71.1 cm³/mol. The van der Waals surface area contributed by atoms with E-state index in [9.17, 15) is 5.11 Å². The molecule has 17 heavy (non-hydrogen) atoms. The van der Waals surface area contributed by atoms with Crippen LogP contribution in [0, 0.1) is 5.92 Å². The van der Waals surface area contributed by atoms with E-state index in [4.69, 9.17) is 0 Å². The van der Waals surface area contributed by atoms with Gasteiger partial charge in [0.05, 0.1) is 0 Å². The van der Waals surface area contributed by atoms with Crippen LogP contribution in [0.3, 0.4) is 0 Å². The molecule has 0 radical (unpaired) electrons. The molecule has 1 heterocycles. The molecule has 0 aromatic heterocycles. The van der Waals surface area contributed by atoms with Crippen LogP contribution in [0.25, 0.3) is 0 Å². The second-order valence-corrected chi connectivity index (χ2v) is 5.82. The third-order valence-corrected chi connectivity index (χ3v) is 3.80. The zero-order chi connectivity index (χ0) is 12.3.